The van der Waals surface area contributed by atoms with Gasteiger partial charge in [-0.25, -0.2) is 4.79 Å². The number of nitrogens with one attached hydrogen (secondary N) is 1. The van der Waals surface area contributed by atoms with E-state index in [4.69, 9.17) is 4.74 Å². The molecule has 1 aromatic rings. The SMILES string of the molecule is COc1ccccc1/C=C/CN1CC2(CNC(=O)N2C)C1. The van der Waals surface area contributed by atoms with Crippen LogP contribution in [0.4, 0.5) is 4.79 Å². The molecule has 0 aromatic heterocycles. The lowest BCUT2D eigenvalue weighted by molar-refractivity contribution is 0.0130. The zero-order chi connectivity index (χ0) is 14.9. The first kappa shape index (κ1) is 13.9. The highest BCUT2D eigenvalue weighted by molar-refractivity contribution is 5.78. The summed E-state index contributed by atoms with van der Waals surface area (Å²) in [5.74, 6) is 0.888. The summed E-state index contributed by atoms with van der Waals surface area (Å²) in [6.45, 7) is 3.51. The number of rotatable bonds is 4. The van der Waals surface area contributed by atoms with Gasteiger partial charge >= 0.3 is 6.03 Å². The van der Waals surface area contributed by atoms with Crippen LogP contribution in [0, 0.1) is 0 Å². The molecule has 5 nitrogen and oxygen atoms in total. The number of hydrogen-bond donors (Lipinski definition) is 1. The van der Waals surface area contributed by atoms with Crippen LogP contribution in [0.5, 0.6) is 5.75 Å². The van der Waals surface area contributed by atoms with Gasteiger partial charge in [-0.15, -0.1) is 0 Å². The Kier molecular flexibility index (Phi) is 3.59. The monoisotopic (exact) mass is 287 g/mol. The standard InChI is InChI=1S/C16H21N3O2/c1-18-15(20)17-10-16(18)11-19(12-16)9-5-7-13-6-3-4-8-14(13)21-2/h3-8H,9-12H2,1-2H3,(H,17,20)/b7-5+. The van der Waals surface area contributed by atoms with E-state index in [0.29, 0.717) is 0 Å². The number of amides is 2. The Bertz CT molecular complexity index is 564. The first-order valence-electron chi connectivity index (χ1n) is 7.18. The molecule has 2 amide bonds. The summed E-state index contributed by atoms with van der Waals surface area (Å²) in [4.78, 5) is 15.7. The maximum absolute atomic E-state index is 11.5. The van der Waals surface area contributed by atoms with Gasteiger partial charge in [-0.1, -0.05) is 30.4 Å². The second-order valence-electron chi connectivity index (χ2n) is 5.76. The van der Waals surface area contributed by atoms with Crippen molar-refractivity contribution >= 4 is 12.1 Å². The Morgan fingerprint density at radius 1 is 1.38 bits per heavy atom. The van der Waals surface area contributed by atoms with Crippen molar-refractivity contribution in [1.82, 2.24) is 15.1 Å². The maximum Gasteiger partial charge on any atom is 0.317 e. The number of para-hydroxylation sites is 1. The van der Waals surface area contributed by atoms with Crippen molar-refractivity contribution in [3.63, 3.8) is 0 Å². The van der Waals surface area contributed by atoms with Crippen LogP contribution in [0.15, 0.2) is 30.3 Å². The quantitative estimate of drug-likeness (QED) is 0.911. The van der Waals surface area contributed by atoms with Crippen molar-refractivity contribution in [3.8, 4) is 5.75 Å². The maximum atomic E-state index is 11.5. The molecule has 1 aromatic carbocycles. The lowest BCUT2D eigenvalue weighted by Crippen LogP contribution is -2.68. The average molecular weight is 287 g/mol. The fourth-order valence-electron chi connectivity index (χ4n) is 3.06. The van der Waals surface area contributed by atoms with E-state index in [1.54, 1.807) is 7.11 Å². The summed E-state index contributed by atoms with van der Waals surface area (Å²) >= 11 is 0. The summed E-state index contributed by atoms with van der Waals surface area (Å²) in [5.41, 5.74) is 1.10. The van der Waals surface area contributed by atoms with Gasteiger partial charge in [0.15, 0.2) is 0 Å². The number of likely N-dealkylation sites (N-methyl/N-ethyl adjacent to an activating group) is 1. The second-order valence-corrected chi connectivity index (χ2v) is 5.76. The average Bonchev–Trinajstić information content (AvgIpc) is 2.76. The van der Waals surface area contributed by atoms with Gasteiger partial charge in [0, 0.05) is 38.8 Å². The number of methoxy groups -OCH3 is 1. The molecular formula is C16H21N3O2. The van der Waals surface area contributed by atoms with Crippen LogP contribution in [0.3, 0.4) is 0 Å². The van der Waals surface area contributed by atoms with Gasteiger partial charge < -0.3 is 15.0 Å². The van der Waals surface area contributed by atoms with Gasteiger partial charge in [-0.3, -0.25) is 4.90 Å². The van der Waals surface area contributed by atoms with Crippen LogP contribution in [0.1, 0.15) is 5.56 Å². The van der Waals surface area contributed by atoms with E-state index < -0.39 is 0 Å². The molecule has 2 saturated heterocycles. The van der Waals surface area contributed by atoms with E-state index in [-0.39, 0.29) is 11.6 Å². The Morgan fingerprint density at radius 2 is 2.14 bits per heavy atom. The third-order valence-corrected chi connectivity index (χ3v) is 4.42. The fraction of sp³-hybridized carbons (Fsp3) is 0.438. The van der Waals surface area contributed by atoms with Crippen molar-refractivity contribution in [2.45, 2.75) is 5.54 Å². The van der Waals surface area contributed by atoms with Crippen LogP contribution >= 0.6 is 0 Å². The lowest BCUT2D eigenvalue weighted by atomic mass is 9.89. The number of ether oxygens (including phenoxy) is 1. The molecule has 3 rings (SSSR count). The molecule has 2 heterocycles. The van der Waals surface area contributed by atoms with Crippen LogP contribution < -0.4 is 10.1 Å². The van der Waals surface area contributed by atoms with E-state index in [1.807, 2.05) is 36.2 Å². The lowest BCUT2D eigenvalue weighted by Gasteiger charge is -2.50. The van der Waals surface area contributed by atoms with Gasteiger partial charge in [0.25, 0.3) is 0 Å². The van der Waals surface area contributed by atoms with Crippen LogP contribution in [-0.2, 0) is 0 Å². The highest BCUT2D eigenvalue weighted by Gasteiger charge is 2.51. The second kappa shape index (κ2) is 5.41. The largest absolute Gasteiger partial charge is 0.496 e. The Balaban J connectivity index is 1.54. The summed E-state index contributed by atoms with van der Waals surface area (Å²) in [6.07, 6.45) is 4.24. The molecule has 112 valence electrons. The molecule has 2 aliphatic heterocycles. The topological polar surface area (TPSA) is 44.8 Å². The minimum absolute atomic E-state index is 0.00929. The molecule has 0 saturated carbocycles. The van der Waals surface area contributed by atoms with Crippen molar-refractivity contribution in [2.24, 2.45) is 0 Å². The third-order valence-electron chi connectivity index (χ3n) is 4.42. The van der Waals surface area contributed by atoms with Crippen LogP contribution in [0.2, 0.25) is 0 Å². The van der Waals surface area contributed by atoms with Crippen molar-refractivity contribution in [3.05, 3.63) is 35.9 Å². The number of benzene rings is 1. The number of carbonyl (C=O) groups is 1. The highest BCUT2D eigenvalue weighted by atomic mass is 16.5. The minimum Gasteiger partial charge on any atom is -0.496 e. The Labute approximate surface area is 125 Å². The zero-order valence-corrected chi connectivity index (χ0v) is 12.5. The number of nitrogens with zero attached hydrogens (tertiary/aromatic N) is 2. The predicted molar refractivity (Wildman–Crippen MR) is 82.4 cm³/mol. The zero-order valence-electron chi connectivity index (χ0n) is 12.5. The van der Waals surface area contributed by atoms with E-state index in [0.717, 1.165) is 37.5 Å². The molecule has 0 bridgehead atoms. The molecule has 1 spiro atoms. The summed E-state index contributed by atoms with van der Waals surface area (Å²) in [7, 11) is 3.57. The first-order valence-corrected chi connectivity index (χ1v) is 7.18. The van der Waals surface area contributed by atoms with Crippen molar-refractivity contribution in [1.29, 1.82) is 0 Å². The smallest absolute Gasteiger partial charge is 0.317 e. The molecule has 5 heteroatoms. The fourth-order valence-corrected chi connectivity index (χ4v) is 3.06. The molecule has 2 aliphatic rings. The predicted octanol–water partition coefficient (Wildman–Crippen LogP) is 1.42. The van der Waals surface area contributed by atoms with E-state index in [2.05, 4.69) is 22.4 Å². The summed E-state index contributed by atoms with van der Waals surface area (Å²) in [6, 6.07) is 8.02. The molecule has 0 aliphatic carbocycles. The number of urea groups is 1. The van der Waals surface area contributed by atoms with Crippen molar-refractivity contribution < 1.29 is 9.53 Å². The normalized spacial score (nSPS) is 20.9. The van der Waals surface area contributed by atoms with Crippen LogP contribution in [0.25, 0.3) is 6.08 Å². The third kappa shape index (κ3) is 2.49. The van der Waals surface area contributed by atoms with Crippen molar-refractivity contribution in [2.75, 3.05) is 40.3 Å². The summed E-state index contributed by atoms with van der Waals surface area (Å²) < 4.78 is 5.33. The Morgan fingerprint density at radius 3 is 2.81 bits per heavy atom. The first-order chi connectivity index (χ1) is 10.1. The molecule has 0 atom stereocenters. The molecule has 21 heavy (non-hydrogen) atoms. The highest BCUT2D eigenvalue weighted by Crippen LogP contribution is 2.29. The van der Waals surface area contributed by atoms with Gasteiger partial charge in [0.1, 0.15) is 5.75 Å². The number of likely N-dealkylation sites (tertiary alicyclic amines) is 1. The molecule has 0 unspecified atom stereocenters. The van der Waals surface area contributed by atoms with Gasteiger partial charge in [-0.05, 0) is 6.07 Å². The molecular weight excluding hydrogens is 266 g/mol. The number of hydrogen-bond acceptors (Lipinski definition) is 3. The molecule has 0 radical (unpaired) electrons. The Hall–Kier alpha value is -2.01. The van der Waals surface area contributed by atoms with Gasteiger partial charge in [-0.2, -0.15) is 0 Å². The van der Waals surface area contributed by atoms with E-state index in [9.17, 15) is 4.79 Å². The molecule has 1 N–H and O–H groups in total. The van der Waals surface area contributed by atoms with E-state index in [1.165, 1.54) is 0 Å². The molecule has 2 fully saturated rings. The number of carbonyl (C=O) groups excluding carboxylic acids is 1. The van der Waals surface area contributed by atoms with Gasteiger partial charge in [0.2, 0.25) is 0 Å². The van der Waals surface area contributed by atoms with Gasteiger partial charge in [0.05, 0.1) is 12.6 Å². The van der Waals surface area contributed by atoms with Crippen LogP contribution in [-0.4, -0.2) is 61.7 Å². The van der Waals surface area contributed by atoms with E-state index >= 15 is 0 Å². The minimum atomic E-state index is 0.00929. The summed E-state index contributed by atoms with van der Waals surface area (Å²) in [5, 5.41) is 2.91.